The normalized spacial score (nSPS) is 14.6. The van der Waals surface area contributed by atoms with Gasteiger partial charge >= 0.3 is 0 Å². The maximum absolute atomic E-state index is 12.4. The predicted octanol–water partition coefficient (Wildman–Crippen LogP) is 4.76. The topological polar surface area (TPSA) is 45.2 Å². The SMILES string of the molecule is O=C(c1ccc(Nc2cccc(Cl)c2Cl)nc1)N1CCCCC1. The summed E-state index contributed by atoms with van der Waals surface area (Å²) < 4.78 is 0. The molecule has 0 radical (unpaired) electrons. The maximum atomic E-state index is 12.4. The molecule has 1 fully saturated rings. The molecule has 0 unspecified atom stereocenters. The smallest absolute Gasteiger partial charge is 0.255 e. The zero-order valence-electron chi connectivity index (χ0n) is 12.6. The summed E-state index contributed by atoms with van der Waals surface area (Å²) >= 11 is 12.1. The average Bonchev–Trinajstić information content (AvgIpc) is 2.60. The van der Waals surface area contributed by atoms with Crippen molar-refractivity contribution in [3.8, 4) is 0 Å². The molecule has 1 saturated heterocycles. The molecular formula is C17H17Cl2N3O. The van der Waals surface area contributed by atoms with Crippen LogP contribution in [0.15, 0.2) is 36.5 Å². The van der Waals surface area contributed by atoms with Gasteiger partial charge in [-0.2, -0.15) is 0 Å². The van der Waals surface area contributed by atoms with Crippen LogP contribution in [0.1, 0.15) is 29.6 Å². The van der Waals surface area contributed by atoms with Gasteiger partial charge in [0, 0.05) is 19.3 Å². The van der Waals surface area contributed by atoms with E-state index in [0.717, 1.165) is 25.9 Å². The molecule has 4 nitrogen and oxygen atoms in total. The molecule has 23 heavy (non-hydrogen) atoms. The zero-order valence-corrected chi connectivity index (χ0v) is 14.1. The number of rotatable bonds is 3. The van der Waals surface area contributed by atoms with Gasteiger partial charge in [-0.25, -0.2) is 4.98 Å². The van der Waals surface area contributed by atoms with Crippen LogP contribution in [-0.2, 0) is 0 Å². The number of anilines is 2. The molecular weight excluding hydrogens is 333 g/mol. The summed E-state index contributed by atoms with van der Waals surface area (Å²) in [5.41, 5.74) is 1.29. The summed E-state index contributed by atoms with van der Waals surface area (Å²) in [6, 6.07) is 8.91. The van der Waals surface area contributed by atoms with Crippen molar-refractivity contribution in [3.05, 3.63) is 52.1 Å². The second-order valence-electron chi connectivity index (χ2n) is 5.51. The fourth-order valence-electron chi connectivity index (χ4n) is 2.61. The van der Waals surface area contributed by atoms with Crippen molar-refractivity contribution in [2.24, 2.45) is 0 Å². The molecule has 0 atom stereocenters. The molecule has 3 rings (SSSR count). The number of nitrogens with one attached hydrogen (secondary N) is 1. The highest BCUT2D eigenvalue weighted by Crippen LogP contribution is 2.31. The molecule has 0 saturated carbocycles. The Hall–Kier alpha value is -1.78. The maximum Gasteiger partial charge on any atom is 0.255 e. The van der Waals surface area contributed by atoms with Gasteiger partial charge in [0.1, 0.15) is 5.82 Å². The fraction of sp³-hybridized carbons (Fsp3) is 0.294. The summed E-state index contributed by atoms with van der Waals surface area (Å²) in [5, 5.41) is 4.04. The van der Waals surface area contributed by atoms with Crippen LogP contribution in [0.5, 0.6) is 0 Å². The van der Waals surface area contributed by atoms with Crippen molar-refractivity contribution in [3.63, 3.8) is 0 Å². The lowest BCUT2D eigenvalue weighted by atomic mass is 10.1. The largest absolute Gasteiger partial charge is 0.339 e. The van der Waals surface area contributed by atoms with E-state index in [2.05, 4.69) is 10.3 Å². The second kappa shape index (κ2) is 7.20. The summed E-state index contributed by atoms with van der Waals surface area (Å²) in [5.74, 6) is 0.661. The highest BCUT2D eigenvalue weighted by atomic mass is 35.5. The molecule has 2 aromatic rings. The van der Waals surface area contributed by atoms with Crippen LogP contribution < -0.4 is 5.32 Å². The van der Waals surface area contributed by atoms with E-state index >= 15 is 0 Å². The number of likely N-dealkylation sites (tertiary alicyclic amines) is 1. The molecule has 1 amide bonds. The van der Waals surface area contributed by atoms with E-state index in [0.29, 0.717) is 27.1 Å². The average molecular weight is 350 g/mol. The molecule has 120 valence electrons. The van der Waals surface area contributed by atoms with E-state index in [1.54, 1.807) is 24.4 Å². The third kappa shape index (κ3) is 3.77. The van der Waals surface area contributed by atoms with Crippen LogP contribution in [0, 0.1) is 0 Å². The summed E-state index contributed by atoms with van der Waals surface area (Å²) in [6.45, 7) is 1.66. The first-order chi connectivity index (χ1) is 11.1. The molecule has 0 bridgehead atoms. The summed E-state index contributed by atoms with van der Waals surface area (Å²) in [6.07, 6.45) is 4.95. The highest BCUT2D eigenvalue weighted by Gasteiger charge is 2.18. The Morgan fingerprint density at radius 1 is 1.09 bits per heavy atom. The molecule has 2 heterocycles. The predicted molar refractivity (Wildman–Crippen MR) is 93.7 cm³/mol. The van der Waals surface area contributed by atoms with Crippen molar-refractivity contribution < 1.29 is 4.79 Å². The Morgan fingerprint density at radius 2 is 1.87 bits per heavy atom. The number of hydrogen-bond donors (Lipinski definition) is 1. The van der Waals surface area contributed by atoms with E-state index in [1.165, 1.54) is 6.42 Å². The lowest BCUT2D eigenvalue weighted by Gasteiger charge is -2.26. The number of hydrogen-bond acceptors (Lipinski definition) is 3. The Labute approximate surface area is 145 Å². The van der Waals surface area contributed by atoms with Gasteiger partial charge in [-0.1, -0.05) is 29.3 Å². The summed E-state index contributed by atoms with van der Waals surface area (Å²) in [7, 11) is 0. The Bertz CT molecular complexity index is 697. The molecule has 1 aliphatic heterocycles. The molecule has 0 aliphatic carbocycles. The van der Waals surface area contributed by atoms with Crippen molar-refractivity contribution in [2.75, 3.05) is 18.4 Å². The number of pyridine rings is 1. The van der Waals surface area contributed by atoms with Crippen molar-refractivity contribution in [2.45, 2.75) is 19.3 Å². The van der Waals surface area contributed by atoms with Crippen molar-refractivity contribution in [1.82, 2.24) is 9.88 Å². The van der Waals surface area contributed by atoms with E-state index < -0.39 is 0 Å². The van der Waals surface area contributed by atoms with Crippen LogP contribution in [0.25, 0.3) is 0 Å². The Kier molecular flexibility index (Phi) is 5.03. The van der Waals surface area contributed by atoms with Gasteiger partial charge in [0.15, 0.2) is 0 Å². The minimum atomic E-state index is 0.0459. The van der Waals surface area contributed by atoms with Crippen LogP contribution >= 0.6 is 23.2 Å². The minimum Gasteiger partial charge on any atom is -0.339 e. The van der Waals surface area contributed by atoms with Crippen LogP contribution in [0.2, 0.25) is 10.0 Å². The summed E-state index contributed by atoms with van der Waals surface area (Å²) in [4.78, 5) is 18.6. The Morgan fingerprint density at radius 3 is 2.57 bits per heavy atom. The number of carbonyl (C=O) groups excluding carboxylic acids is 1. The lowest BCUT2D eigenvalue weighted by molar-refractivity contribution is 0.0724. The first-order valence-electron chi connectivity index (χ1n) is 7.61. The number of amides is 1. The molecule has 1 aromatic carbocycles. The Balaban J connectivity index is 1.71. The molecule has 1 aromatic heterocycles. The lowest BCUT2D eigenvalue weighted by Crippen LogP contribution is -2.35. The highest BCUT2D eigenvalue weighted by molar-refractivity contribution is 6.43. The molecule has 6 heteroatoms. The second-order valence-corrected chi connectivity index (χ2v) is 6.30. The van der Waals surface area contributed by atoms with E-state index in [9.17, 15) is 4.79 Å². The fourth-order valence-corrected chi connectivity index (χ4v) is 2.96. The number of halogens is 2. The molecule has 1 N–H and O–H groups in total. The van der Waals surface area contributed by atoms with Crippen LogP contribution in [0.4, 0.5) is 11.5 Å². The first kappa shape index (κ1) is 16.1. The number of carbonyl (C=O) groups is 1. The van der Waals surface area contributed by atoms with Gasteiger partial charge in [0.2, 0.25) is 0 Å². The molecule has 0 spiro atoms. The van der Waals surface area contributed by atoms with Crippen LogP contribution in [0.3, 0.4) is 0 Å². The number of aromatic nitrogens is 1. The van der Waals surface area contributed by atoms with Crippen molar-refractivity contribution in [1.29, 1.82) is 0 Å². The zero-order chi connectivity index (χ0) is 16.2. The van der Waals surface area contributed by atoms with E-state index in [-0.39, 0.29) is 5.91 Å². The third-order valence-electron chi connectivity index (χ3n) is 3.87. The number of benzene rings is 1. The number of piperidine rings is 1. The van der Waals surface area contributed by atoms with Gasteiger partial charge in [-0.3, -0.25) is 4.79 Å². The van der Waals surface area contributed by atoms with Gasteiger partial charge < -0.3 is 10.2 Å². The monoisotopic (exact) mass is 349 g/mol. The quantitative estimate of drug-likeness (QED) is 0.868. The van der Waals surface area contributed by atoms with E-state index in [1.807, 2.05) is 17.0 Å². The van der Waals surface area contributed by atoms with E-state index in [4.69, 9.17) is 23.2 Å². The standard InChI is InChI=1S/C17H17Cl2N3O/c18-13-5-4-6-14(16(13)19)21-15-8-7-12(11-20-15)17(23)22-9-2-1-3-10-22/h4-8,11H,1-3,9-10H2,(H,20,21). The van der Waals surface area contributed by atoms with Crippen LogP contribution in [-0.4, -0.2) is 28.9 Å². The van der Waals surface area contributed by atoms with Gasteiger partial charge in [0.25, 0.3) is 5.91 Å². The van der Waals surface area contributed by atoms with Gasteiger partial charge in [-0.15, -0.1) is 0 Å². The van der Waals surface area contributed by atoms with Gasteiger partial charge in [-0.05, 0) is 43.5 Å². The third-order valence-corrected chi connectivity index (χ3v) is 4.69. The van der Waals surface area contributed by atoms with Crippen molar-refractivity contribution >= 4 is 40.6 Å². The van der Waals surface area contributed by atoms with Gasteiger partial charge in [0.05, 0.1) is 21.3 Å². The first-order valence-corrected chi connectivity index (χ1v) is 8.37. The minimum absolute atomic E-state index is 0.0459. The molecule has 1 aliphatic rings. The number of nitrogens with zero attached hydrogens (tertiary/aromatic N) is 2.